The molecule has 1 N–H and O–H groups in total. The van der Waals surface area contributed by atoms with E-state index >= 15 is 0 Å². The fraction of sp³-hybridized carbons (Fsp3) is 0.435. The molecule has 0 spiro atoms. The number of rotatable bonds is 6. The summed E-state index contributed by atoms with van der Waals surface area (Å²) in [6.45, 7) is 4.01. The highest BCUT2D eigenvalue weighted by atomic mass is 79.9. The van der Waals surface area contributed by atoms with Crippen molar-refractivity contribution in [2.75, 3.05) is 27.4 Å². The smallest absolute Gasteiger partial charge is 0.336 e. The van der Waals surface area contributed by atoms with E-state index in [1.165, 1.54) is 14.2 Å². The maximum atomic E-state index is 13.6. The van der Waals surface area contributed by atoms with Crippen molar-refractivity contribution in [1.82, 2.24) is 5.32 Å². The number of halogens is 1. The Morgan fingerprint density at radius 3 is 2.61 bits per heavy atom. The van der Waals surface area contributed by atoms with Gasteiger partial charge >= 0.3 is 11.9 Å². The van der Waals surface area contributed by atoms with Gasteiger partial charge in [-0.25, -0.2) is 4.79 Å². The summed E-state index contributed by atoms with van der Waals surface area (Å²) in [6, 6.07) is 7.45. The van der Waals surface area contributed by atoms with Gasteiger partial charge in [0, 0.05) is 34.5 Å². The highest BCUT2D eigenvalue weighted by Crippen LogP contribution is 2.45. The molecule has 8 heteroatoms. The number of carbonyl (C=O) groups excluding carboxylic acids is 3. The molecule has 1 aromatic carbocycles. The zero-order valence-corrected chi connectivity index (χ0v) is 19.6. The highest BCUT2D eigenvalue weighted by molar-refractivity contribution is 9.10. The molecule has 0 bridgehead atoms. The van der Waals surface area contributed by atoms with Crippen molar-refractivity contribution in [3.05, 3.63) is 56.8 Å². The number of methoxy groups -OCH3 is 2. The molecule has 1 heterocycles. The third kappa shape index (κ3) is 4.60. The van der Waals surface area contributed by atoms with Crippen LogP contribution in [0.2, 0.25) is 0 Å². The maximum Gasteiger partial charge on any atom is 0.336 e. The molecule has 31 heavy (non-hydrogen) atoms. The monoisotopic (exact) mass is 491 g/mol. The van der Waals surface area contributed by atoms with Gasteiger partial charge in [-0.3, -0.25) is 9.59 Å². The fourth-order valence-electron chi connectivity index (χ4n) is 4.27. The number of hydrogen-bond acceptors (Lipinski definition) is 7. The number of hydrogen-bond donors (Lipinski definition) is 1. The number of benzene rings is 1. The molecule has 0 aromatic heterocycles. The quantitative estimate of drug-likeness (QED) is 0.371. The molecule has 0 fully saturated rings. The molecule has 0 radical (unpaired) electrons. The van der Waals surface area contributed by atoms with Gasteiger partial charge < -0.3 is 19.5 Å². The summed E-state index contributed by atoms with van der Waals surface area (Å²) >= 11 is 3.47. The molecule has 0 saturated heterocycles. The number of allylic oxidation sites excluding steroid dienone is 3. The summed E-state index contributed by atoms with van der Waals surface area (Å²) in [6.07, 6.45) is 0.495. The van der Waals surface area contributed by atoms with Gasteiger partial charge in [0.2, 0.25) is 0 Å². The Balaban J connectivity index is 2.12. The minimum absolute atomic E-state index is 0.0962. The van der Waals surface area contributed by atoms with Crippen molar-refractivity contribution < 1.29 is 28.6 Å². The zero-order chi connectivity index (χ0) is 22.7. The fourth-order valence-corrected chi connectivity index (χ4v) is 4.68. The van der Waals surface area contributed by atoms with Gasteiger partial charge in [-0.2, -0.15) is 0 Å². The van der Waals surface area contributed by atoms with E-state index in [1.54, 1.807) is 6.92 Å². The number of ether oxygens (including phenoxy) is 3. The van der Waals surface area contributed by atoms with Crippen LogP contribution in [0.3, 0.4) is 0 Å². The lowest BCUT2D eigenvalue weighted by atomic mass is 9.69. The van der Waals surface area contributed by atoms with Crippen LogP contribution in [0.1, 0.15) is 31.7 Å². The molecular formula is C23H26BrNO6. The van der Waals surface area contributed by atoms with Crippen LogP contribution in [0.4, 0.5) is 0 Å². The van der Waals surface area contributed by atoms with Crippen LogP contribution >= 0.6 is 15.9 Å². The predicted molar refractivity (Wildman–Crippen MR) is 117 cm³/mol. The average Bonchev–Trinajstić information content (AvgIpc) is 2.72. The van der Waals surface area contributed by atoms with E-state index in [0.29, 0.717) is 23.3 Å². The Morgan fingerprint density at radius 1 is 1.23 bits per heavy atom. The SMILES string of the molecule is COCCOC(=O)C1=C(C)NC2=C(C(=O)C(C(=O)OC)C(C)C2)C1c1cccc(Br)c1. The van der Waals surface area contributed by atoms with E-state index in [4.69, 9.17) is 14.2 Å². The first-order valence-electron chi connectivity index (χ1n) is 10.0. The number of carbonyl (C=O) groups is 3. The van der Waals surface area contributed by atoms with Crippen LogP contribution in [0.25, 0.3) is 0 Å². The molecule has 0 saturated carbocycles. The molecule has 3 rings (SSSR count). The van der Waals surface area contributed by atoms with Crippen LogP contribution < -0.4 is 5.32 Å². The molecular weight excluding hydrogens is 466 g/mol. The largest absolute Gasteiger partial charge is 0.468 e. The lowest BCUT2D eigenvalue weighted by molar-refractivity contribution is -0.151. The van der Waals surface area contributed by atoms with Crippen molar-refractivity contribution in [2.24, 2.45) is 11.8 Å². The summed E-state index contributed by atoms with van der Waals surface area (Å²) in [4.78, 5) is 39.0. The first kappa shape index (κ1) is 23.2. The number of dihydropyridines is 1. The van der Waals surface area contributed by atoms with E-state index in [0.717, 1.165) is 15.7 Å². The highest BCUT2D eigenvalue weighted by Gasteiger charge is 2.47. The van der Waals surface area contributed by atoms with Crippen molar-refractivity contribution in [3.63, 3.8) is 0 Å². The van der Waals surface area contributed by atoms with Crippen LogP contribution in [0.5, 0.6) is 0 Å². The first-order valence-corrected chi connectivity index (χ1v) is 10.8. The van der Waals surface area contributed by atoms with Crippen molar-refractivity contribution >= 4 is 33.7 Å². The minimum Gasteiger partial charge on any atom is -0.468 e. The van der Waals surface area contributed by atoms with Gasteiger partial charge in [0.05, 0.1) is 19.3 Å². The number of esters is 2. The van der Waals surface area contributed by atoms with Gasteiger partial charge in [0.15, 0.2) is 5.78 Å². The Hall–Kier alpha value is -2.45. The molecule has 2 aliphatic rings. The molecule has 3 atom stereocenters. The topological polar surface area (TPSA) is 90.9 Å². The lowest BCUT2D eigenvalue weighted by Gasteiger charge is -2.38. The normalized spacial score (nSPS) is 23.3. The summed E-state index contributed by atoms with van der Waals surface area (Å²) in [5.74, 6) is -3.21. The van der Waals surface area contributed by atoms with Crippen LogP contribution in [-0.4, -0.2) is 45.2 Å². The van der Waals surface area contributed by atoms with Gasteiger partial charge in [-0.1, -0.05) is 35.0 Å². The van der Waals surface area contributed by atoms with Gasteiger partial charge in [0.25, 0.3) is 0 Å². The van der Waals surface area contributed by atoms with E-state index in [1.807, 2.05) is 31.2 Å². The van der Waals surface area contributed by atoms with E-state index in [2.05, 4.69) is 21.2 Å². The molecule has 1 aliphatic carbocycles. The second kappa shape index (κ2) is 9.78. The molecule has 7 nitrogen and oxygen atoms in total. The molecule has 1 aliphatic heterocycles. The summed E-state index contributed by atoms with van der Waals surface area (Å²) in [7, 11) is 2.80. The van der Waals surface area contributed by atoms with E-state index in [-0.39, 0.29) is 24.9 Å². The number of Topliss-reactive ketones (excluding diaryl/α,β-unsaturated/α-hetero) is 1. The summed E-state index contributed by atoms with van der Waals surface area (Å²) in [5, 5.41) is 3.23. The van der Waals surface area contributed by atoms with Crippen molar-refractivity contribution in [1.29, 1.82) is 0 Å². The van der Waals surface area contributed by atoms with Gasteiger partial charge in [-0.05, 0) is 37.0 Å². The predicted octanol–water partition coefficient (Wildman–Crippen LogP) is 3.25. The maximum absolute atomic E-state index is 13.6. The van der Waals surface area contributed by atoms with Crippen LogP contribution in [0, 0.1) is 11.8 Å². The molecule has 3 unspecified atom stereocenters. The first-order chi connectivity index (χ1) is 14.8. The standard InChI is InChI=1S/C23H26BrNO6/c1-12-10-16-20(21(26)17(12)22(27)30-4)19(14-6-5-7-15(24)11-14)18(13(2)25-16)23(28)31-9-8-29-3/h5-7,11-12,17,19,25H,8-10H2,1-4H3. The van der Waals surface area contributed by atoms with E-state index < -0.39 is 23.8 Å². The van der Waals surface area contributed by atoms with Crippen molar-refractivity contribution in [2.45, 2.75) is 26.2 Å². The van der Waals surface area contributed by atoms with Crippen LogP contribution in [-0.2, 0) is 28.6 Å². The zero-order valence-electron chi connectivity index (χ0n) is 18.0. The summed E-state index contributed by atoms with van der Waals surface area (Å²) in [5.41, 5.74) is 2.87. The second-order valence-electron chi connectivity index (χ2n) is 7.72. The number of nitrogens with one attached hydrogen (secondary N) is 1. The Morgan fingerprint density at radius 2 is 1.97 bits per heavy atom. The minimum atomic E-state index is -0.913. The molecule has 1 aromatic rings. The Bertz CT molecular complexity index is 967. The van der Waals surface area contributed by atoms with Gasteiger partial charge in [0.1, 0.15) is 12.5 Å². The summed E-state index contributed by atoms with van der Waals surface area (Å²) < 4.78 is 16.1. The molecule has 0 amide bonds. The average molecular weight is 492 g/mol. The number of ketones is 1. The second-order valence-corrected chi connectivity index (χ2v) is 8.63. The van der Waals surface area contributed by atoms with Gasteiger partial charge in [-0.15, -0.1) is 0 Å². The Labute approximate surface area is 189 Å². The third-order valence-electron chi connectivity index (χ3n) is 5.67. The third-order valence-corrected chi connectivity index (χ3v) is 6.16. The molecule has 166 valence electrons. The van der Waals surface area contributed by atoms with Crippen molar-refractivity contribution in [3.8, 4) is 0 Å². The van der Waals surface area contributed by atoms with E-state index in [9.17, 15) is 14.4 Å². The van der Waals surface area contributed by atoms with Crippen LogP contribution in [0.15, 0.2) is 51.3 Å². The Kier molecular flexibility index (Phi) is 7.33. The lowest BCUT2D eigenvalue weighted by Crippen LogP contribution is -2.43.